The predicted molar refractivity (Wildman–Crippen MR) is 108 cm³/mol. The second-order valence-corrected chi connectivity index (χ2v) is 9.48. The highest BCUT2D eigenvalue weighted by Crippen LogP contribution is 2.33. The van der Waals surface area contributed by atoms with Crippen LogP contribution in [0.5, 0.6) is 0 Å². The lowest BCUT2D eigenvalue weighted by Crippen LogP contribution is -2.30. The van der Waals surface area contributed by atoms with E-state index >= 15 is 0 Å². The molecule has 3 aromatic rings. The maximum atomic E-state index is 12.2. The number of rotatable bonds is 6. The van der Waals surface area contributed by atoms with Gasteiger partial charge in [0.2, 0.25) is 10.0 Å². The van der Waals surface area contributed by atoms with Gasteiger partial charge in [0.25, 0.3) is 5.91 Å². The number of sulfonamides is 1. The molecule has 2 heterocycles. The molecule has 0 saturated heterocycles. The minimum absolute atomic E-state index is 0.0577. The molecular weight excluding hydrogens is 418 g/mol. The van der Waals surface area contributed by atoms with Crippen molar-refractivity contribution in [3.63, 3.8) is 0 Å². The molecule has 0 atom stereocenters. The molecule has 0 aliphatic carbocycles. The molecule has 0 unspecified atom stereocenters. The Morgan fingerprint density at radius 3 is 2.61 bits per heavy atom. The van der Waals surface area contributed by atoms with E-state index in [-0.39, 0.29) is 5.69 Å². The number of hydrogen-bond donors (Lipinski definition) is 1. The second-order valence-electron chi connectivity index (χ2n) is 5.83. The van der Waals surface area contributed by atoms with Gasteiger partial charge in [-0.25, -0.2) is 23.1 Å². The average Bonchev–Trinajstić information content (AvgIpc) is 3.28. The van der Waals surface area contributed by atoms with Gasteiger partial charge in [-0.2, -0.15) is 5.26 Å². The maximum absolute atomic E-state index is 12.2. The van der Waals surface area contributed by atoms with E-state index in [1.54, 1.807) is 36.7 Å². The number of aromatic nitrogens is 2. The SMILES string of the molecule is Cc1sc(N(Cc2cscn2)c2ccc(C#N)cc2)nc1C(=O)NS(C)(=O)=O. The van der Waals surface area contributed by atoms with E-state index in [1.165, 1.54) is 22.7 Å². The Labute approximate surface area is 170 Å². The molecule has 3 rings (SSSR count). The molecule has 11 heteroatoms. The summed E-state index contributed by atoms with van der Waals surface area (Å²) in [7, 11) is -3.69. The Bertz CT molecular complexity index is 1130. The smallest absolute Gasteiger partial charge is 0.284 e. The van der Waals surface area contributed by atoms with Crippen molar-refractivity contribution in [1.29, 1.82) is 5.26 Å². The van der Waals surface area contributed by atoms with Crippen LogP contribution in [0, 0.1) is 18.3 Å². The molecule has 8 nitrogen and oxygen atoms in total. The Balaban J connectivity index is 1.99. The fraction of sp³-hybridized carbons (Fsp3) is 0.176. The Hall–Kier alpha value is -2.81. The molecule has 0 aliphatic heterocycles. The first-order valence-corrected chi connectivity index (χ1v) is 11.6. The van der Waals surface area contributed by atoms with Gasteiger partial charge in [-0.3, -0.25) is 4.79 Å². The monoisotopic (exact) mass is 433 g/mol. The van der Waals surface area contributed by atoms with Crippen molar-refractivity contribution in [2.45, 2.75) is 13.5 Å². The van der Waals surface area contributed by atoms with Crippen LogP contribution < -0.4 is 9.62 Å². The van der Waals surface area contributed by atoms with Crippen molar-refractivity contribution in [3.05, 3.63) is 57.0 Å². The summed E-state index contributed by atoms with van der Waals surface area (Å²) in [5.41, 5.74) is 3.91. The average molecular weight is 434 g/mol. The van der Waals surface area contributed by atoms with Crippen molar-refractivity contribution in [2.24, 2.45) is 0 Å². The standard InChI is InChI=1S/C17H15N5O3S3/c1-11-15(16(23)21-28(2,24)25)20-17(27-11)22(8-13-9-26-10-19-13)14-5-3-12(7-18)4-6-14/h3-6,9-10H,8H2,1-2H3,(H,21,23). The molecule has 144 valence electrons. The molecule has 0 radical (unpaired) electrons. The second kappa shape index (κ2) is 8.05. The van der Waals surface area contributed by atoms with Gasteiger partial charge in [-0.15, -0.1) is 22.7 Å². The van der Waals surface area contributed by atoms with Crippen molar-refractivity contribution in [2.75, 3.05) is 11.2 Å². The van der Waals surface area contributed by atoms with Gasteiger partial charge < -0.3 is 4.90 Å². The van der Waals surface area contributed by atoms with Crippen molar-refractivity contribution in [1.82, 2.24) is 14.7 Å². The van der Waals surface area contributed by atoms with E-state index in [0.717, 1.165) is 17.6 Å². The molecule has 28 heavy (non-hydrogen) atoms. The number of amides is 1. The number of carbonyl (C=O) groups is 1. The van der Waals surface area contributed by atoms with E-state index in [2.05, 4.69) is 16.0 Å². The molecule has 0 aliphatic rings. The summed E-state index contributed by atoms with van der Waals surface area (Å²) in [4.78, 5) is 23.4. The zero-order chi connectivity index (χ0) is 20.3. The summed E-state index contributed by atoms with van der Waals surface area (Å²) in [6.45, 7) is 2.12. The lowest BCUT2D eigenvalue weighted by atomic mass is 10.2. The van der Waals surface area contributed by atoms with E-state index < -0.39 is 15.9 Å². The van der Waals surface area contributed by atoms with Gasteiger partial charge in [-0.1, -0.05) is 0 Å². The van der Waals surface area contributed by atoms with Crippen LogP contribution >= 0.6 is 22.7 Å². The predicted octanol–water partition coefficient (Wildman–Crippen LogP) is 2.81. The number of carbonyl (C=O) groups excluding carboxylic acids is 1. The summed E-state index contributed by atoms with van der Waals surface area (Å²) in [5, 5.41) is 11.4. The molecule has 1 amide bonds. The van der Waals surface area contributed by atoms with Gasteiger partial charge >= 0.3 is 0 Å². The summed E-state index contributed by atoms with van der Waals surface area (Å²) in [6.07, 6.45) is 0.915. The Kier molecular flexibility index (Phi) is 5.73. The van der Waals surface area contributed by atoms with Crippen LogP contribution in [0.4, 0.5) is 10.8 Å². The molecule has 0 bridgehead atoms. The first-order chi connectivity index (χ1) is 13.3. The third-order valence-corrected chi connectivity index (χ3v) is 5.81. The fourth-order valence-corrected chi connectivity index (χ4v) is 4.30. The summed E-state index contributed by atoms with van der Waals surface area (Å²) < 4.78 is 24.7. The summed E-state index contributed by atoms with van der Waals surface area (Å²) in [5.74, 6) is -0.768. The van der Waals surface area contributed by atoms with Crippen LogP contribution in [0.3, 0.4) is 0 Å². The number of anilines is 2. The number of nitriles is 1. The molecule has 1 aromatic carbocycles. The van der Waals surface area contributed by atoms with Gasteiger partial charge in [0.15, 0.2) is 5.13 Å². The highest BCUT2D eigenvalue weighted by molar-refractivity contribution is 7.89. The number of nitrogens with one attached hydrogen (secondary N) is 1. The molecular formula is C17H15N5O3S3. The number of nitrogens with zero attached hydrogens (tertiary/aromatic N) is 4. The number of aryl methyl sites for hydroxylation is 1. The van der Waals surface area contributed by atoms with E-state index in [0.29, 0.717) is 22.1 Å². The topological polar surface area (TPSA) is 116 Å². The fourth-order valence-electron chi connectivity index (χ4n) is 2.39. The minimum atomic E-state index is -3.69. The summed E-state index contributed by atoms with van der Waals surface area (Å²) in [6, 6.07) is 9.05. The first kappa shape index (κ1) is 19.9. The maximum Gasteiger partial charge on any atom is 0.284 e. The lowest BCUT2D eigenvalue weighted by Gasteiger charge is -2.21. The third kappa shape index (κ3) is 4.72. The quantitative estimate of drug-likeness (QED) is 0.635. The van der Waals surface area contributed by atoms with Crippen LogP contribution in [-0.4, -0.2) is 30.5 Å². The van der Waals surface area contributed by atoms with Crippen LogP contribution in [0.1, 0.15) is 26.6 Å². The van der Waals surface area contributed by atoms with Gasteiger partial charge in [0.1, 0.15) is 5.69 Å². The van der Waals surface area contributed by atoms with Crippen molar-refractivity contribution < 1.29 is 13.2 Å². The van der Waals surface area contributed by atoms with E-state index in [4.69, 9.17) is 5.26 Å². The van der Waals surface area contributed by atoms with E-state index in [1.807, 2.05) is 15.0 Å². The first-order valence-electron chi connectivity index (χ1n) is 7.91. The third-order valence-electron chi connectivity index (χ3n) is 3.62. The number of thiazole rings is 2. The van der Waals surface area contributed by atoms with Crippen LogP contribution in [-0.2, 0) is 16.6 Å². The lowest BCUT2D eigenvalue weighted by molar-refractivity contribution is 0.0977. The van der Waals surface area contributed by atoms with Gasteiger partial charge in [0, 0.05) is 15.9 Å². The van der Waals surface area contributed by atoms with Crippen LogP contribution in [0.25, 0.3) is 0 Å². The normalized spacial score (nSPS) is 11.0. The Morgan fingerprint density at radius 2 is 2.04 bits per heavy atom. The zero-order valence-electron chi connectivity index (χ0n) is 14.9. The highest BCUT2D eigenvalue weighted by atomic mass is 32.2. The van der Waals surface area contributed by atoms with Crippen LogP contribution in [0.2, 0.25) is 0 Å². The van der Waals surface area contributed by atoms with Gasteiger partial charge in [-0.05, 0) is 31.2 Å². The number of hydrogen-bond acceptors (Lipinski definition) is 9. The Morgan fingerprint density at radius 1 is 1.32 bits per heavy atom. The van der Waals surface area contributed by atoms with Gasteiger partial charge in [0.05, 0.1) is 35.6 Å². The number of benzene rings is 1. The molecule has 1 N–H and O–H groups in total. The summed E-state index contributed by atoms with van der Waals surface area (Å²) >= 11 is 2.74. The van der Waals surface area contributed by atoms with E-state index in [9.17, 15) is 13.2 Å². The molecule has 2 aromatic heterocycles. The molecule has 0 spiro atoms. The van der Waals surface area contributed by atoms with Crippen molar-refractivity contribution in [3.8, 4) is 6.07 Å². The highest BCUT2D eigenvalue weighted by Gasteiger charge is 2.22. The minimum Gasteiger partial charge on any atom is -0.312 e. The largest absolute Gasteiger partial charge is 0.312 e. The molecule has 0 saturated carbocycles. The zero-order valence-corrected chi connectivity index (χ0v) is 17.4. The van der Waals surface area contributed by atoms with Crippen molar-refractivity contribution >= 4 is 49.4 Å². The molecule has 0 fully saturated rings. The van der Waals surface area contributed by atoms with Crippen LogP contribution in [0.15, 0.2) is 35.2 Å².